The van der Waals surface area contributed by atoms with E-state index in [0.717, 1.165) is 26.6 Å². The zero-order valence-corrected chi connectivity index (χ0v) is 14.1. The Bertz CT molecular complexity index is 849. The largest absolute Gasteiger partial charge is 0.335 e. The number of amides is 4. The Morgan fingerprint density at radius 1 is 1.08 bits per heavy atom. The van der Waals surface area contributed by atoms with E-state index in [0.29, 0.717) is 5.69 Å². The van der Waals surface area contributed by atoms with Gasteiger partial charge in [0.25, 0.3) is 11.8 Å². The molecular weight excluding hydrogens is 324 g/mol. The summed E-state index contributed by atoms with van der Waals surface area (Å²) in [6.07, 6.45) is 2.39. The van der Waals surface area contributed by atoms with Crippen LogP contribution in [0.25, 0.3) is 6.08 Å². The summed E-state index contributed by atoms with van der Waals surface area (Å²) in [4.78, 5) is 39.7. The molecule has 0 saturated carbocycles. The number of urea groups is 1. The topological polar surface area (TPSA) is 66.5 Å². The first-order valence-electron chi connectivity index (χ1n) is 7.56. The van der Waals surface area contributed by atoms with Crippen molar-refractivity contribution >= 4 is 40.9 Å². The third-order valence-corrected chi connectivity index (χ3v) is 4.70. The van der Waals surface area contributed by atoms with Gasteiger partial charge >= 0.3 is 6.03 Å². The summed E-state index contributed by atoms with van der Waals surface area (Å²) in [6.45, 7) is 3.97. The third-order valence-electron chi connectivity index (χ3n) is 3.75. The van der Waals surface area contributed by atoms with Gasteiger partial charge in [-0.05, 0) is 49.2 Å². The lowest BCUT2D eigenvalue weighted by molar-refractivity contribution is -0.122. The second-order valence-corrected chi connectivity index (χ2v) is 6.75. The number of thiophene rings is 1. The van der Waals surface area contributed by atoms with Crippen molar-refractivity contribution in [2.45, 2.75) is 20.3 Å². The highest BCUT2D eigenvalue weighted by atomic mass is 32.1. The Labute approximate surface area is 143 Å². The van der Waals surface area contributed by atoms with Crippen LogP contribution < -0.4 is 10.2 Å². The molecule has 4 amide bonds. The van der Waals surface area contributed by atoms with Crippen molar-refractivity contribution in [1.82, 2.24) is 5.32 Å². The fourth-order valence-corrected chi connectivity index (χ4v) is 3.27. The monoisotopic (exact) mass is 340 g/mol. The van der Waals surface area contributed by atoms with Crippen LogP contribution in [0.3, 0.4) is 0 Å². The molecule has 0 bridgehead atoms. The number of carbonyl (C=O) groups excluding carboxylic acids is 3. The molecule has 0 unspecified atom stereocenters. The van der Waals surface area contributed by atoms with Crippen LogP contribution >= 0.6 is 11.3 Å². The van der Waals surface area contributed by atoms with Crippen molar-refractivity contribution in [2.75, 3.05) is 4.90 Å². The molecule has 6 heteroatoms. The molecule has 5 nitrogen and oxygen atoms in total. The number of aryl methyl sites for hydroxylation is 2. The van der Waals surface area contributed by atoms with Gasteiger partial charge in [0.15, 0.2) is 0 Å². The molecule has 3 rings (SSSR count). The zero-order chi connectivity index (χ0) is 17.3. The van der Waals surface area contributed by atoms with E-state index in [2.05, 4.69) is 5.32 Å². The molecule has 1 fully saturated rings. The molecule has 122 valence electrons. The van der Waals surface area contributed by atoms with Gasteiger partial charge < -0.3 is 0 Å². The third kappa shape index (κ3) is 3.00. The van der Waals surface area contributed by atoms with Crippen LogP contribution in [0.4, 0.5) is 10.5 Å². The molecule has 2 aromatic rings. The second-order valence-electron chi connectivity index (χ2n) is 5.43. The average molecular weight is 340 g/mol. The fraction of sp³-hybridized carbons (Fsp3) is 0.167. The highest BCUT2D eigenvalue weighted by Crippen LogP contribution is 2.24. The van der Waals surface area contributed by atoms with Crippen molar-refractivity contribution in [3.05, 3.63) is 57.3 Å². The van der Waals surface area contributed by atoms with Gasteiger partial charge in [0.2, 0.25) is 0 Å². The van der Waals surface area contributed by atoms with Crippen LogP contribution in [-0.4, -0.2) is 17.8 Å². The molecule has 1 aromatic heterocycles. The van der Waals surface area contributed by atoms with Crippen molar-refractivity contribution in [3.63, 3.8) is 0 Å². The summed E-state index contributed by atoms with van der Waals surface area (Å²) < 4.78 is 0. The molecule has 0 spiro atoms. The van der Waals surface area contributed by atoms with E-state index >= 15 is 0 Å². The number of imide groups is 2. The van der Waals surface area contributed by atoms with Gasteiger partial charge in [0, 0.05) is 9.75 Å². The molecule has 1 aromatic carbocycles. The van der Waals surface area contributed by atoms with Gasteiger partial charge in [-0.3, -0.25) is 14.9 Å². The number of nitrogens with zero attached hydrogens (tertiary/aromatic N) is 1. The lowest BCUT2D eigenvalue weighted by Gasteiger charge is -2.26. The van der Waals surface area contributed by atoms with Crippen molar-refractivity contribution < 1.29 is 14.4 Å². The van der Waals surface area contributed by atoms with E-state index in [1.807, 2.05) is 38.1 Å². The van der Waals surface area contributed by atoms with Gasteiger partial charge in [-0.2, -0.15) is 0 Å². The van der Waals surface area contributed by atoms with Crippen LogP contribution in [0.1, 0.15) is 22.2 Å². The number of benzene rings is 1. The lowest BCUT2D eigenvalue weighted by atomic mass is 10.1. The molecule has 1 aliphatic rings. The average Bonchev–Trinajstić information content (AvgIpc) is 2.97. The summed E-state index contributed by atoms with van der Waals surface area (Å²) >= 11 is 1.48. The first kappa shape index (κ1) is 16.1. The van der Waals surface area contributed by atoms with Gasteiger partial charge in [-0.1, -0.05) is 19.1 Å². The smallest absolute Gasteiger partial charge is 0.273 e. The Hall–Kier alpha value is -2.73. The molecule has 1 N–H and O–H groups in total. The van der Waals surface area contributed by atoms with Gasteiger partial charge in [-0.25, -0.2) is 9.69 Å². The van der Waals surface area contributed by atoms with Crippen LogP contribution in [0.15, 0.2) is 42.0 Å². The minimum Gasteiger partial charge on any atom is -0.273 e. The highest BCUT2D eigenvalue weighted by molar-refractivity contribution is 7.12. The number of anilines is 1. The number of carbonyl (C=O) groups is 3. The summed E-state index contributed by atoms with van der Waals surface area (Å²) in [5.74, 6) is -1.28. The molecule has 1 aliphatic heterocycles. The minimum absolute atomic E-state index is 0.0454. The van der Waals surface area contributed by atoms with Gasteiger partial charge in [0.1, 0.15) is 5.57 Å². The lowest BCUT2D eigenvalue weighted by Crippen LogP contribution is -2.54. The summed E-state index contributed by atoms with van der Waals surface area (Å²) in [7, 11) is 0. The maximum Gasteiger partial charge on any atom is 0.335 e. The van der Waals surface area contributed by atoms with E-state index in [9.17, 15) is 14.4 Å². The summed E-state index contributed by atoms with van der Waals surface area (Å²) in [5, 5.41) is 2.23. The van der Waals surface area contributed by atoms with Crippen molar-refractivity contribution in [1.29, 1.82) is 0 Å². The van der Waals surface area contributed by atoms with Gasteiger partial charge in [0.05, 0.1) is 5.69 Å². The first-order chi connectivity index (χ1) is 11.5. The number of barbiturate groups is 1. The van der Waals surface area contributed by atoms with E-state index in [4.69, 9.17) is 0 Å². The van der Waals surface area contributed by atoms with Crippen molar-refractivity contribution in [2.24, 2.45) is 0 Å². The van der Waals surface area contributed by atoms with Gasteiger partial charge in [-0.15, -0.1) is 11.3 Å². The van der Waals surface area contributed by atoms with Crippen LogP contribution in [0.5, 0.6) is 0 Å². The Morgan fingerprint density at radius 3 is 2.38 bits per heavy atom. The van der Waals surface area contributed by atoms with Crippen LogP contribution in [0.2, 0.25) is 0 Å². The molecular formula is C18H16N2O3S. The Kier molecular flexibility index (Phi) is 4.31. The van der Waals surface area contributed by atoms with E-state index in [-0.39, 0.29) is 5.57 Å². The quantitative estimate of drug-likeness (QED) is 0.689. The fourth-order valence-electron chi connectivity index (χ4n) is 2.45. The van der Waals surface area contributed by atoms with E-state index in [1.54, 1.807) is 12.1 Å². The highest BCUT2D eigenvalue weighted by Gasteiger charge is 2.36. The molecule has 24 heavy (non-hydrogen) atoms. The summed E-state index contributed by atoms with van der Waals surface area (Å²) in [5.41, 5.74) is 1.50. The molecule has 0 radical (unpaired) electrons. The SMILES string of the molecule is CCc1ccc(N2C(=O)NC(=O)/C(=C\c3ccc(C)s3)C2=O)cc1. The molecule has 0 atom stereocenters. The van der Waals surface area contributed by atoms with E-state index in [1.165, 1.54) is 17.4 Å². The van der Waals surface area contributed by atoms with E-state index < -0.39 is 17.8 Å². The Balaban J connectivity index is 1.97. The van der Waals surface area contributed by atoms with Crippen LogP contribution in [0, 0.1) is 6.92 Å². The number of hydrogen-bond donors (Lipinski definition) is 1. The predicted octanol–water partition coefficient (Wildman–Crippen LogP) is 3.29. The van der Waals surface area contributed by atoms with Crippen molar-refractivity contribution in [3.8, 4) is 0 Å². The first-order valence-corrected chi connectivity index (χ1v) is 8.38. The summed E-state index contributed by atoms with van der Waals surface area (Å²) in [6, 6.07) is 10.2. The second kappa shape index (κ2) is 6.41. The minimum atomic E-state index is -0.728. The molecule has 2 heterocycles. The normalized spacial score (nSPS) is 16.7. The number of hydrogen-bond acceptors (Lipinski definition) is 4. The number of rotatable bonds is 3. The predicted molar refractivity (Wildman–Crippen MR) is 93.9 cm³/mol. The molecule has 1 saturated heterocycles. The molecule has 0 aliphatic carbocycles. The zero-order valence-electron chi connectivity index (χ0n) is 13.3. The standard InChI is InChI=1S/C18H16N2O3S/c1-3-12-5-7-13(8-6-12)20-17(22)15(16(21)19-18(20)23)10-14-9-4-11(2)24-14/h4-10H,3H2,1-2H3,(H,19,21,23)/b15-10+. The Morgan fingerprint density at radius 2 is 1.79 bits per heavy atom. The maximum atomic E-state index is 12.7. The maximum absolute atomic E-state index is 12.7. The van der Waals surface area contributed by atoms with Crippen LogP contribution in [-0.2, 0) is 16.0 Å². The number of nitrogens with one attached hydrogen (secondary N) is 1.